The van der Waals surface area contributed by atoms with Gasteiger partial charge >= 0.3 is 5.97 Å². The number of benzene rings is 1. The molecule has 1 aliphatic rings. The van der Waals surface area contributed by atoms with Gasteiger partial charge in [-0.25, -0.2) is 13.2 Å². The minimum absolute atomic E-state index is 0.0932. The van der Waals surface area contributed by atoms with Crippen LogP contribution in [0.15, 0.2) is 40.6 Å². The monoisotopic (exact) mass is 478 g/mol. The van der Waals surface area contributed by atoms with E-state index in [0.717, 1.165) is 34.3 Å². The lowest BCUT2D eigenvalue weighted by Crippen LogP contribution is -2.27. The van der Waals surface area contributed by atoms with Crippen LogP contribution in [0.3, 0.4) is 0 Å². The topological polar surface area (TPSA) is 92.8 Å². The lowest BCUT2D eigenvalue weighted by atomic mass is 10.2. The SMILES string of the molecule is CCOC(=O)c1cc2cc(NC(=O)Cc3ccc(S(=O)(=O)N4CCCC4)s3)ccc2s1. The van der Waals surface area contributed by atoms with E-state index in [1.165, 1.54) is 15.6 Å². The molecule has 2 aromatic heterocycles. The number of nitrogens with one attached hydrogen (secondary N) is 1. The first kappa shape index (κ1) is 21.9. The molecule has 1 saturated heterocycles. The van der Waals surface area contributed by atoms with Crippen molar-refractivity contribution in [3.8, 4) is 0 Å². The second-order valence-electron chi connectivity index (χ2n) is 7.14. The molecule has 164 valence electrons. The molecule has 31 heavy (non-hydrogen) atoms. The van der Waals surface area contributed by atoms with E-state index in [0.29, 0.717) is 35.1 Å². The summed E-state index contributed by atoms with van der Waals surface area (Å²) in [6.45, 7) is 3.19. The molecule has 1 aliphatic heterocycles. The molecule has 3 aromatic rings. The normalized spacial score (nSPS) is 14.7. The number of anilines is 1. The molecule has 3 heterocycles. The molecule has 0 bridgehead atoms. The molecule has 1 aromatic carbocycles. The van der Waals surface area contributed by atoms with Crippen LogP contribution < -0.4 is 5.32 Å². The number of carbonyl (C=O) groups excluding carboxylic acids is 2. The number of nitrogens with zero attached hydrogens (tertiary/aromatic N) is 1. The van der Waals surface area contributed by atoms with Crippen molar-refractivity contribution in [3.63, 3.8) is 0 Å². The van der Waals surface area contributed by atoms with E-state index in [4.69, 9.17) is 4.74 Å². The molecule has 4 rings (SSSR count). The Labute approximate surface area is 188 Å². The van der Waals surface area contributed by atoms with Gasteiger partial charge in [0.25, 0.3) is 10.0 Å². The number of ether oxygens (including phenoxy) is 1. The van der Waals surface area contributed by atoms with Crippen molar-refractivity contribution < 1.29 is 22.7 Å². The van der Waals surface area contributed by atoms with Gasteiger partial charge in [-0.05, 0) is 61.5 Å². The Kier molecular flexibility index (Phi) is 6.42. The number of thiophene rings is 2. The number of rotatable bonds is 7. The fourth-order valence-corrected chi connectivity index (χ4v) is 7.40. The van der Waals surface area contributed by atoms with Crippen LogP contribution in [-0.2, 0) is 26.0 Å². The average molecular weight is 479 g/mol. The maximum absolute atomic E-state index is 12.6. The van der Waals surface area contributed by atoms with Crippen molar-refractivity contribution in [3.05, 3.63) is 46.2 Å². The van der Waals surface area contributed by atoms with E-state index in [9.17, 15) is 18.0 Å². The van der Waals surface area contributed by atoms with Crippen LogP contribution in [0.25, 0.3) is 10.1 Å². The van der Waals surface area contributed by atoms with E-state index in [-0.39, 0.29) is 22.5 Å². The fraction of sp³-hybridized carbons (Fsp3) is 0.333. The highest BCUT2D eigenvalue weighted by Crippen LogP contribution is 2.30. The van der Waals surface area contributed by atoms with Gasteiger partial charge in [0.1, 0.15) is 9.09 Å². The maximum Gasteiger partial charge on any atom is 0.348 e. The molecule has 0 aliphatic carbocycles. The second-order valence-corrected chi connectivity index (χ2v) is 11.6. The van der Waals surface area contributed by atoms with Gasteiger partial charge in [0.2, 0.25) is 5.91 Å². The Hall–Kier alpha value is -2.27. The summed E-state index contributed by atoms with van der Waals surface area (Å²) in [6, 6.07) is 10.5. The van der Waals surface area contributed by atoms with Crippen LogP contribution in [0.4, 0.5) is 5.69 Å². The molecule has 0 radical (unpaired) electrons. The zero-order valence-electron chi connectivity index (χ0n) is 16.9. The molecule has 0 unspecified atom stereocenters. The molecular weight excluding hydrogens is 456 g/mol. The predicted octanol–water partition coefficient (Wildman–Crippen LogP) is 4.11. The summed E-state index contributed by atoms with van der Waals surface area (Å²) in [4.78, 5) is 25.6. The summed E-state index contributed by atoms with van der Waals surface area (Å²) in [7, 11) is -3.46. The largest absolute Gasteiger partial charge is 0.462 e. The van der Waals surface area contributed by atoms with Gasteiger partial charge < -0.3 is 10.1 Å². The van der Waals surface area contributed by atoms with Crippen LogP contribution in [0.1, 0.15) is 34.3 Å². The molecule has 1 amide bonds. The molecule has 1 fully saturated rings. The number of carbonyl (C=O) groups is 2. The molecule has 7 nitrogen and oxygen atoms in total. The van der Waals surface area contributed by atoms with Gasteiger partial charge in [-0.1, -0.05) is 0 Å². The lowest BCUT2D eigenvalue weighted by Gasteiger charge is -2.13. The van der Waals surface area contributed by atoms with Crippen LogP contribution in [-0.4, -0.2) is 44.3 Å². The first-order valence-corrected chi connectivity index (χ1v) is 13.0. The van der Waals surface area contributed by atoms with E-state index in [1.807, 2.05) is 12.1 Å². The maximum atomic E-state index is 12.6. The summed E-state index contributed by atoms with van der Waals surface area (Å²) < 4.78 is 33.0. The van der Waals surface area contributed by atoms with Gasteiger partial charge in [-0.2, -0.15) is 4.31 Å². The van der Waals surface area contributed by atoms with E-state index in [2.05, 4.69) is 5.32 Å². The minimum atomic E-state index is -3.46. The number of fused-ring (bicyclic) bond motifs is 1. The van der Waals surface area contributed by atoms with Crippen LogP contribution in [0.5, 0.6) is 0 Å². The third kappa shape index (κ3) is 4.82. The van der Waals surface area contributed by atoms with Crippen molar-refractivity contribution in [2.45, 2.75) is 30.4 Å². The Balaban J connectivity index is 1.42. The predicted molar refractivity (Wildman–Crippen MR) is 122 cm³/mol. The van der Waals surface area contributed by atoms with Crippen molar-refractivity contribution >= 4 is 60.3 Å². The Bertz CT molecular complexity index is 1220. The van der Waals surface area contributed by atoms with Gasteiger partial charge in [0, 0.05) is 28.4 Å². The van der Waals surface area contributed by atoms with E-state index in [1.54, 1.807) is 31.2 Å². The summed E-state index contributed by atoms with van der Waals surface area (Å²) >= 11 is 2.48. The van der Waals surface area contributed by atoms with Crippen LogP contribution in [0, 0.1) is 0 Å². The van der Waals surface area contributed by atoms with Gasteiger partial charge in [-0.15, -0.1) is 22.7 Å². The highest BCUT2D eigenvalue weighted by Gasteiger charge is 2.28. The van der Waals surface area contributed by atoms with E-state index < -0.39 is 10.0 Å². The highest BCUT2D eigenvalue weighted by atomic mass is 32.2. The van der Waals surface area contributed by atoms with Crippen molar-refractivity contribution in [1.29, 1.82) is 0 Å². The van der Waals surface area contributed by atoms with Crippen molar-refractivity contribution in [2.24, 2.45) is 0 Å². The molecule has 10 heteroatoms. The number of esters is 1. The smallest absolute Gasteiger partial charge is 0.348 e. The first-order valence-electron chi connectivity index (χ1n) is 9.96. The summed E-state index contributed by atoms with van der Waals surface area (Å²) in [5, 5.41) is 3.69. The molecule has 0 saturated carbocycles. The van der Waals surface area contributed by atoms with Crippen LogP contribution in [0.2, 0.25) is 0 Å². The lowest BCUT2D eigenvalue weighted by molar-refractivity contribution is -0.115. The van der Waals surface area contributed by atoms with E-state index >= 15 is 0 Å². The Morgan fingerprint density at radius 3 is 2.61 bits per heavy atom. The second kappa shape index (κ2) is 9.07. The number of hydrogen-bond donors (Lipinski definition) is 1. The van der Waals surface area contributed by atoms with Crippen molar-refractivity contribution in [1.82, 2.24) is 4.31 Å². The fourth-order valence-electron chi connectivity index (χ4n) is 3.43. The van der Waals surface area contributed by atoms with Gasteiger partial charge in [-0.3, -0.25) is 4.79 Å². The number of sulfonamides is 1. The zero-order valence-corrected chi connectivity index (χ0v) is 19.4. The van der Waals surface area contributed by atoms with Gasteiger partial charge in [0.15, 0.2) is 0 Å². The zero-order chi connectivity index (χ0) is 22.0. The summed E-state index contributed by atoms with van der Waals surface area (Å²) in [6.07, 6.45) is 1.86. The summed E-state index contributed by atoms with van der Waals surface area (Å²) in [5.41, 5.74) is 0.618. The Morgan fingerprint density at radius 1 is 1.10 bits per heavy atom. The molecule has 1 N–H and O–H groups in total. The first-order chi connectivity index (χ1) is 14.9. The van der Waals surface area contributed by atoms with Crippen molar-refractivity contribution in [2.75, 3.05) is 25.0 Å². The minimum Gasteiger partial charge on any atom is -0.462 e. The third-order valence-electron chi connectivity index (χ3n) is 4.91. The van der Waals surface area contributed by atoms with Crippen LogP contribution >= 0.6 is 22.7 Å². The quantitative estimate of drug-likeness (QED) is 0.516. The number of hydrogen-bond acceptors (Lipinski definition) is 7. The Morgan fingerprint density at radius 2 is 1.87 bits per heavy atom. The third-order valence-corrected chi connectivity index (χ3v) is 9.46. The standard InChI is InChI=1S/C21H22N2O5S3/c1-2-28-21(25)18-12-14-11-15(5-7-17(14)30-18)22-19(24)13-16-6-8-20(29-16)31(26,27)23-9-3-4-10-23/h5-8,11-12H,2-4,9-10,13H2,1H3,(H,22,24). The molecular formula is C21H22N2O5S3. The molecule has 0 spiro atoms. The highest BCUT2D eigenvalue weighted by molar-refractivity contribution is 7.91. The van der Waals surface area contributed by atoms with Gasteiger partial charge in [0.05, 0.1) is 13.0 Å². The number of amides is 1. The average Bonchev–Trinajstić information content (AvgIpc) is 3.48. The molecule has 0 atom stereocenters. The summed E-state index contributed by atoms with van der Waals surface area (Å²) in [5.74, 6) is -0.584.